The molecule has 2 heteroatoms. The monoisotopic (exact) mass is 156 g/mol. The van der Waals surface area contributed by atoms with Crippen molar-refractivity contribution in [2.45, 2.75) is 51.0 Å². The Morgan fingerprint density at radius 3 is 2.00 bits per heavy atom. The van der Waals surface area contributed by atoms with Crippen molar-refractivity contribution >= 4 is 0 Å². The summed E-state index contributed by atoms with van der Waals surface area (Å²) >= 11 is 0. The SMILES string of the molecule is CNNC1CCCCCCC1. The Hall–Kier alpha value is -0.0800. The molecule has 0 spiro atoms. The third-order valence-corrected chi connectivity index (χ3v) is 2.45. The summed E-state index contributed by atoms with van der Waals surface area (Å²) in [7, 11) is 1.96. The zero-order valence-corrected chi connectivity index (χ0v) is 7.53. The minimum Gasteiger partial charge on any atom is -0.261 e. The van der Waals surface area contributed by atoms with Gasteiger partial charge in [-0.2, -0.15) is 0 Å². The average molecular weight is 156 g/mol. The molecule has 1 saturated carbocycles. The van der Waals surface area contributed by atoms with Gasteiger partial charge in [-0.25, -0.2) is 0 Å². The third kappa shape index (κ3) is 3.73. The molecule has 0 radical (unpaired) electrons. The lowest BCUT2D eigenvalue weighted by molar-refractivity contribution is 0.364. The van der Waals surface area contributed by atoms with E-state index in [1.54, 1.807) is 0 Å². The van der Waals surface area contributed by atoms with Gasteiger partial charge in [-0.15, -0.1) is 0 Å². The smallest absolute Gasteiger partial charge is 0.0212 e. The van der Waals surface area contributed by atoms with E-state index in [2.05, 4.69) is 10.9 Å². The first-order chi connectivity index (χ1) is 5.43. The highest BCUT2D eigenvalue weighted by Gasteiger charge is 2.08. The van der Waals surface area contributed by atoms with Crippen molar-refractivity contribution in [1.82, 2.24) is 10.9 Å². The molecule has 0 aromatic heterocycles. The zero-order chi connectivity index (χ0) is 7.94. The first-order valence-corrected chi connectivity index (χ1v) is 4.86. The van der Waals surface area contributed by atoms with Crippen LogP contribution in [-0.4, -0.2) is 13.1 Å². The number of hydrazine groups is 1. The third-order valence-electron chi connectivity index (χ3n) is 2.45. The van der Waals surface area contributed by atoms with Gasteiger partial charge in [0.1, 0.15) is 0 Å². The molecule has 0 heterocycles. The summed E-state index contributed by atoms with van der Waals surface area (Å²) in [4.78, 5) is 0. The maximum atomic E-state index is 3.30. The Balaban J connectivity index is 2.15. The number of rotatable bonds is 2. The second-order valence-electron chi connectivity index (χ2n) is 3.44. The maximum Gasteiger partial charge on any atom is 0.0212 e. The number of nitrogens with one attached hydrogen (secondary N) is 2. The van der Waals surface area contributed by atoms with Gasteiger partial charge in [0.05, 0.1) is 0 Å². The second kappa shape index (κ2) is 5.56. The molecule has 2 nitrogen and oxygen atoms in total. The molecule has 1 rings (SSSR count). The van der Waals surface area contributed by atoms with Crippen LogP contribution in [0.3, 0.4) is 0 Å². The summed E-state index contributed by atoms with van der Waals surface area (Å²) in [6, 6.07) is 0.722. The van der Waals surface area contributed by atoms with Gasteiger partial charge in [-0.3, -0.25) is 10.9 Å². The van der Waals surface area contributed by atoms with Gasteiger partial charge >= 0.3 is 0 Å². The molecule has 0 aromatic rings. The molecule has 66 valence electrons. The van der Waals surface area contributed by atoms with E-state index in [0.29, 0.717) is 0 Å². The van der Waals surface area contributed by atoms with Crippen molar-refractivity contribution < 1.29 is 0 Å². The van der Waals surface area contributed by atoms with Gasteiger partial charge in [-0.1, -0.05) is 32.1 Å². The summed E-state index contributed by atoms with van der Waals surface area (Å²) < 4.78 is 0. The Kier molecular flexibility index (Phi) is 4.55. The van der Waals surface area contributed by atoms with Crippen LogP contribution in [0.15, 0.2) is 0 Å². The summed E-state index contributed by atoms with van der Waals surface area (Å²) in [6.45, 7) is 0. The summed E-state index contributed by atoms with van der Waals surface area (Å²) in [5.41, 5.74) is 6.34. The molecular weight excluding hydrogens is 136 g/mol. The molecule has 11 heavy (non-hydrogen) atoms. The topological polar surface area (TPSA) is 24.1 Å². The minimum atomic E-state index is 0.722. The van der Waals surface area contributed by atoms with Crippen LogP contribution in [0.1, 0.15) is 44.9 Å². The van der Waals surface area contributed by atoms with E-state index in [-0.39, 0.29) is 0 Å². The lowest BCUT2D eigenvalue weighted by atomic mass is 9.97. The Bertz CT molecular complexity index is 85.6. The standard InChI is InChI=1S/C9H20N2/c1-10-11-9-7-5-3-2-4-6-8-9/h9-11H,2-8H2,1H3. The van der Waals surface area contributed by atoms with Gasteiger partial charge in [0.25, 0.3) is 0 Å². The van der Waals surface area contributed by atoms with E-state index >= 15 is 0 Å². The van der Waals surface area contributed by atoms with Crippen molar-refractivity contribution in [3.05, 3.63) is 0 Å². The van der Waals surface area contributed by atoms with Crippen LogP contribution < -0.4 is 10.9 Å². The molecule has 1 aliphatic carbocycles. The van der Waals surface area contributed by atoms with Gasteiger partial charge in [-0.05, 0) is 19.9 Å². The van der Waals surface area contributed by atoms with Crippen molar-refractivity contribution in [3.8, 4) is 0 Å². The van der Waals surface area contributed by atoms with E-state index in [0.717, 1.165) is 6.04 Å². The van der Waals surface area contributed by atoms with E-state index in [1.165, 1.54) is 44.9 Å². The van der Waals surface area contributed by atoms with Crippen LogP contribution in [0.25, 0.3) is 0 Å². The largest absolute Gasteiger partial charge is 0.261 e. The van der Waals surface area contributed by atoms with E-state index in [1.807, 2.05) is 7.05 Å². The van der Waals surface area contributed by atoms with Gasteiger partial charge < -0.3 is 0 Å². The van der Waals surface area contributed by atoms with Gasteiger partial charge in [0.2, 0.25) is 0 Å². The van der Waals surface area contributed by atoms with Gasteiger partial charge in [0, 0.05) is 6.04 Å². The summed E-state index contributed by atoms with van der Waals surface area (Å²) in [5, 5.41) is 0. The molecule has 0 atom stereocenters. The molecule has 2 N–H and O–H groups in total. The van der Waals surface area contributed by atoms with E-state index in [4.69, 9.17) is 0 Å². The minimum absolute atomic E-state index is 0.722. The highest BCUT2D eigenvalue weighted by Crippen LogP contribution is 2.16. The molecular formula is C9H20N2. The maximum absolute atomic E-state index is 3.30. The highest BCUT2D eigenvalue weighted by atomic mass is 15.3. The Morgan fingerprint density at radius 1 is 0.909 bits per heavy atom. The fraction of sp³-hybridized carbons (Fsp3) is 1.00. The molecule has 0 bridgehead atoms. The summed E-state index contributed by atoms with van der Waals surface area (Å²) in [6.07, 6.45) is 9.82. The molecule has 0 amide bonds. The normalized spacial score (nSPS) is 22.6. The molecule has 1 aliphatic rings. The van der Waals surface area contributed by atoms with Crippen molar-refractivity contribution in [2.24, 2.45) is 0 Å². The predicted molar refractivity (Wildman–Crippen MR) is 48.3 cm³/mol. The summed E-state index contributed by atoms with van der Waals surface area (Å²) in [5.74, 6) is 0. The van der Waals surface area contributed by atoms with Crippen LogP contribution in [0.5, 0.6) is 0 Å². The van der Waals surface area contributed by atoms with Crippen LogP contribution in [-0.2, 0) is 0 Å². The fourth-order valence-corrected chi connectivity index (χ4v) is 1.80. The molecule has 0 unspecified atom stereocenters. The van der Waals surface area contributed by atoms with E-state index in [9.17, 15) is 0 Å². The van der Waals surface area contributed by atoms with Crippen LogP contribution >= 0.6 is 0 Å². The molecule has 0 aliphatic heterocycles. The first-order valence-electron chi connectivity index (χ1n) is 4.86. The Morgan fingerprint density at radius 2 is 1.45 bits per heavy atom. The predicted octanol–water partition coefficient (Wildman–Crippen LogP) is 1.82. The Labute approximate surface area is 69.7 Å². The quantitative estimate of drug-likeness (QED) is 0.596. The van der Waals surface area contributed by atoms with Crippen molar-refractivity contribution in [1.29, 1.82) is 0 Å². The zero-order valence-electron chi connectivity index (χ0n) is 7.53. The van der Waals surface area contributed by atoms with Crippen LogP contribution in [0.4, 0.5) is 0 Å². The lowest BCUT2D eigenvalue weighted by Crippen LogP contribution is -2.38. The average Bonchev–Trinajstić information content (AvgIpc) is 1.94. The highest BCUT2D eigenvalue weighted by molar-refractivity contribution is 4.66. The first kappa shape index (κ1) is 9.01. The molecule has 1 fully saturated rings. The van der Waals surface area contributed by atoms with Crippen LogP contribution in [0, 0.1) is 0 Å². The van der Waals surface area contributed by atoms with Crippen molar-refractivity contribution in [2.75, 3.05) is 7.05 Å². The lowest BCUT2D eigenvalue weighted by Gasteiger charge is -2.20. The molecule has 0 saturated heterocycles. The fourth-order valence-electron chi connectivity index (χ4n) is 1.80. The second-order valence-corrected chi connectivity index (χ2v) is 3.44. The van der Waals surface area contributed by atoms with Crippen LogP contribution in [0.2, 0.25) is 0 Å². The van der Waals surface area contributed by atoms with Gasteiger partial charge in [0.15, 0.2) is 0 Å². The number of hydrogen-bond acceptors (Lipinski definition) is 2. The van der Waals surface area contributed by atoms with E-state index < -0.39 is 0 Å². The molecule has 0 aromatic carbocycles. The number of hydrogen-bond donors (Lipinski definition) is 2. The van der Waals surface area contributed by atoms with Crippen molar-refractivity contribution in [3.63, 3.8) is 0 Å².